The second kappa shape index (κ2) is 5.93. The van der Waals surface area contributed by atoms with E-state index in [9.17, 15) is 0 Å². The lowest BCUT2D eigenvalue weighted by atomic mass is 10.4. The smallest absolute Gasteiger partial charge is 0.107 e. The molecule has 2 heterocycles. The van der Waals surface area contributed by atoms with Gasteiger partial charge in [0.2, 0.25) is 0 Å². The molecule has 0 amide bonds. The van der Waals surface area contributed by atoms with E-state index in [0.717, 1.165) is 42.6 Å². The lowest BCUT2D eigenvalue weighted by molar-refractivity contribution is 0.668. The van der Waals surface area contributed by atoms with Gasteiger partial charge < -0.3 is 9.88 Å². The number of hydrogen-bond acceptors (Lipinski definition) is 4. The van der Waals surface area contributed by atoms with Crippen molar-refractivity contribution in [1.82, 2.24) is 19.9 Å². The van der Waals surface area contributed by atoms with E-state index >= 15 is 0 Å². The molecule has 92 valence electrons. The highest BCUT2D eigenvalue weighted by Gasteiger charge is 2.04. The van der Waals surface area contributed by atoms with E-state index in [1.54, 1.807) is 11.3 Å². The topological polar surface area (TPSA) is 42.7 Å². The summed E-state index contributed by atoms with van der Waals surface area (Å²) in [5, 5.41) is 6.65. The largest absolute Gasteiger partial charge is 0.329 e. The van der Waals surface area contributed by atoms with Gasteiger partial charge in [-0.2, -0.15) is 0 Å². The van der Waals surface area contributed by atoms with E-state index in [2.05, 4.69) is 32.2 Å². The Morgan fingerprint density at radius 2 is 2.35 bits per heavy atom. The highest BCUT2D eigenvalue weighted by atomic mass is 32.1. The van der Waals surface area contributed by atoms with Crippen LogP contribution in [0.3, 0.4) is 0 Å². The summed E-state index contributed by atoms with van der Waals surface area (Å²) in [5.41, 5.74) is 1.12. The third-order valence-corrected chi connectivity index (χ3v) is 3.46. The van der Waals surface area contributed by atoms with Gasteiger partial charge in [-0.25, -0.2) is 9.97 Å². The van der Waals surface area contributed by atoms with E-state index in [0.29, 0.717) is 0 Å². The highest BCUT2D eigenvalue weighted by molar-refractivity contribution is 7.09. The number of thiazole rings is 1. The van der Waals surface area contributed by atoms with Gasteiger partial charge in [0.1, 0.15) is 10.8 Å². The molecule has 4 nitrogen and oxygen atoms in total. The third kappa shape index (κ3) is 3.38. The van der Waals surface area contributed by atoms with Crippen molar-refractivity contribution < 1.29 is 0 Å². The Bertz CT molecular complexity index is 461. The van der Waals surface area contributed by atoms with Crippen LogP contribution in [-0.2, 0) is 13.1 Å². The third-order valence-electron chi connectivity index (χ3n) is 2.56. The van der Waals surface area contributed by atoms with E-state index < -0.39 is 0 Å². The van der Waals surface area contributed by atoms with E-state index in [1.165, 1.54) is 0 Å². The van der Waals surface area contributed by atoms with Gasteiger partial charge in [-0.3, -0.25) is 0 Å². The van der Waals surface area contributed by atoms with Gasteiger partial charge in [0.15, 0.2) is 0 Å². The fourth-order valence-corrected chi connectivity index (χ4v) is 2.37. The van der Waals surface area contributed by atoms with Crippen molar-refractivity contribution >= 4 is 11.3 Å². The predicted molar refractivity (Wildman–Crippen MR) is 70.2 cm³/mol. The maximum absolute atomic E-state index is 4.61. The molecule has 0 bridgehead atoms. The molecule has 0 saturated carbocycles. The van der Waals surface area contributed by atoms with Gasteiger partial charge in [0, 0.05) is 24.3 Å². The summed E-state index contributed by atoms with van der Waals surface area (Å²) >= 11 is 1.72. The second-order valence-electron chi connectivity index (χ2n) is 4.01. The molecule has 1 N–H and O–H groups in total. The molecule has 17 heavy (non-hydrogen) atoms. The monoisotopic (exact) mass is 250 g/mol. The molecule has 0 fully saturated rings. The Kier molecular flexibility index (Phi) is 4.28. The van der Waals surface area contributed by atoms with Crippen molar-refractivity contribution in [3.05, 3.63) is 34.3 Å². The predicted octanol–water partition coefficient (Wildman–Crippen LogP) is 2.20. The molecular weight excluding hydrogens is 232 g/mol. The fraction of sp³-hybridized carbons (Fsp3) is 0.500. The molecule has 2 aromatic heterocycles. The van der Waals surface area contributed by atoms with E-state index in [4.69, 9.17) is 0 Å². The van der Waals surface area contributed by atoms with Gasteiger partial charge in [-0.15, -0.1) is 11.3 Å². The van der Waals surface area contributed by atoms with Crippen LogP contribution in [0.25, 0.3) is 0 Å². The maximum atomic E-state index is 4.61. The summed E-state index contributed by atoms with van der Waals surface area (Å²) in [6.45, 7) is 6.92. The zero-order chi connectivity index (χ0) is 12.1. The molecule has 0 radical (unpaired) electrons. The van der Waals surface area contributed by atoms with Crippen molar-refractivity contribution in [3.8, 4) is 0 Å². The maximum Gasteiger partial charge on any atom is 0.107 e. The Labute approximate surface area is 106 Å². The molecule has 0 saturated heterocycles. The molecule has 0 aliphatic carbocycles. The number of aromatic nitrogens is 3. The van der Waals surface area contributed by atoms with Crippen LogP contribution in [0.15, 0.2) is 17.8 Å². The average molecular weight is 250 g/mol. The summed E-state index contributed by atoms with van der Waals surface area (Å²) < 4.78 is 2.11. The van der Waals surface area contributed by atoms with E-state index in [1.807, 2.05) is 19.3 Å². The summed E-state index contributed by atoms with van der Waals surface area (Å²) in [6.07, 6.45) is 4.97. The first-order valence-electron chi connectivity index (χ1n) is 5.91. The number of aryl methyl sites for hydroxylation is 1. The minimum Gasteiger partial charge on any atom is -0.329 e. The summed E-state index contributed by atoms with van der Waals surface area (Å²) in [6, 6.07) is 0. The summed E-state index contributed by atoms with van der Waals surface area (Å²) in [5.74, 6) is 1.03. The normalized spacial score (nSPS) is 10.9. The summed E-state index contributed by atoms with van der Waals surface area (Å²) in [7, 11) is 0. The lowest BCUT2D eigenvalue weighted by Crippen LogP contribution is -2.13. The fourth-order valence-electron chi connectivity index (χ4n) is 1.62. The van der Waals surface area contributed by atoms with Crippen LogP contribution in [0, 0.1) is 6.92 Å². The van der Waals surface area contributed by atoms with Crippen LogP contribution in [0.1, 0.15) is 29.9 Å². The van der Waals surface area contributed by atoms with Crippen molar-refractivity contribution in [1.29, 1.82) is 0 Å². The minimum absolute atomic E-state index is 0.816. The minimum atomic E-state index is 0.816. The second-order valence-corrected chi connectivity index (χ2v) is 4.95. The van der Waals surface area contributed by atoms with Crippen molar-refractivity contribution in [2.24, 2.45) is 0 Å². The molecule has 0 atom stereocenters. The first-order chi connectivity index (χ1) is 8.29. The molecule has 0 aliphatic heterocycles. The molecule has 0 aromatic carbocycles. The Morgan fingerprint density at radius 1 is 1.47 bits per heavy atom. The SMILES string of the molecule is CCCNCc1nc(Cn2ccnc2C)cs1. The van der Waals surface area contributed by atoms with Crippen molar-refractivity contribution in [2.45, 2.75) is 33.4 Å². The Balaban J connectivity index is 1.92. The molecule has 5 heteroatoms. The van der Waals surface area contributed by atoms with Gasteiger partial charge in [-0.05, 0) is 19.9 Å². The number of hydrogen-bond donors (Lipinski definition) is 1. The molecular formula is C12H18N4S. The van der Waals surface area contributed by atoms with Crippen LogP contribution in [0.4, 0.5) is 0 Å². The van der Waals surface area contributed by atoms with E-state index in [-0.39, 0.29) is 0 Å². The average Bonchev–Trinajstić information content (AvgIpc) is 2.91. The van der Waals surface area contributed by atoms with Crippen molar-refractivity contribution in [3.63, 3.8) is 0 Å². The molecule has 0 spiro atoms. The number of nitrogens with zero attached hydrogens (tertiary/aromatic N) is 3. The molecule has 2 aromatic rings. The first kappa shape index (κ1) is 12.3. The Morgan fingerprint density at radius 3 is 3.06 bits per heavy atom. The number of nitrogens with one attached hydrogen (secondary N) is 1. The van der Waals surface area contributed by atoms with Gasteiger partial charge in [0.25, 0.3) is 0 Å². The number of imidazole rings is 1. The zero-order valence-corrected chi connectivity index (χ0v) is 11.1. The first-order valence-corrected chi connectivity index (χ1v) is 6.79. The van der Waals surface area contributed by atoms with Crippen LogP contribution in [0.5, 0.6) is 0 Å². The Hall–Kier alpha value is -1.20. The van der Waals surface area contributed by atoms with Crippen LogP contribution in [-0.4, -0.2) is 21.1 Å². The zero-order valence-electron chi connectivity index (χ0n) is 10.3. The molecule has 0 aliphatic rings. The lowest BCUT2D eigenvalue weighted by Gasteiger charge is -2.01. The highest BCUT2D eigenvalue weighted by Crippen LogP contribution is 2.11. The van der Waals surface area contributed by atoms with Gasteiger partial charge in [0.05, 0.1) is 12.2 Å². The van der Waals surface area contributed by atoms with Crippen LogP contribution in [0.2, 0.25) is 0 Å². The van der Waals surface area contributed by atoms with Gasteiger partial charge >= 0.3 is 0 Å². The number of rotatable bonds is 6. The summed E-state index contributed by atoms with van der Waals surface area (Å²) in [4.78, 5) is 8.81. The van der Waals surface area contributed by atoms with Crippen LogP contribution >= 0.6 is 11.3 Å². The van der Waals surface area contributed by atoms with Gasteiger partial charge in [-0.1, -0.05) is 6.92 Å². The molecule has 0 unspecified atom stereocenters. The van der Waals surface area contributed by atoms with Crippen LogP contribution < -0.4 is 5.32 Å². The quantitative estimate of drug-likeness (QED) is 0.799. The van der Waals surface area contributed by atoms with Crippen molar-refractivity contribution in [2.75, 3.05) is 6.54 Å². The molecule has 2 rings (SSSR count). The standard InChI is InChI=1S/C12H18N4S/c1-3-4-13-7-12-15-11(9-17-12)8-16-6-5-14-10(16)2/h5-6,9,13H,3-4,7-8H2,1-2H3.